The maximum Gasteiger partial charge on any atom is 0.234 e. The molecule has 0 aromatic heterocycles. The van der Waals surface area contributed by atoms with Crippen molar-refractivity contribution in [1.82, 2.24) is 15.5 Å². The van der Waals surface area contributed by atoms with Crippen LogP contribution in [-0.4, -0.2) is 43.5 Å². The number of rotatable bonds is 6. The van der Waals surface area contributed by atoms with Crippen LogP contribution in [0, 0.1) is 5.92 Å². The Hall–Kier alpha value is -1.10. The molecule has 2 N–H and O–H groups in total. The molecular formula is C20H32ClN3O. The van der Waals surface area contributed by atoms with Crippen molar-refractivity contribution in [3.63, 3.8) is 0 Å². The molecule has 140 valence electrons. The summed E-state index contributed by atoms with van der Waals surface area (Å²) in [7, 11) is 2.01. The first-order valence-electron chi connectivity index (χ1n) is 9.50. The topological polar surface area (TPSA) is 44.4 Å². The zero-order valence-corrected chi connectivity index (χ0v) is 16.1. The van der Waals surface area contributed by atoms with Crippen LogP contribution in [0.5, 0.6) is 0 Å². The number of hydrogen-bond donors (Lipinski definition) is 2. The van der Waals surface area contributed by atoms with Crippen molar-refractivity contribution in [1.29, 1.82) is 0 Å². The number of nitrogens with zero attached hydrogens (tertiary/aromatic N) is 1. The van der Waals surface area contributed by atoms with Gasteiger partial charge in [0.05, 0.1) is 12.6 Å². The minimum absolute atomic E-state index is 0. The van der Waals surface area contributed by atoms with Gasteiger partial charge in [-0.25, -0.2) is 0 Å². The fraction of sp³-hybridized carbons (Fsp3) is 0.650. The Balaban J connectivity index is 0.00000225. The summed E-state index contributed by atoms with van der Waals surface area (Å²) < 4.78 is 0. The van der Waals surface area contributed by atoms with E-state index in [4.69, 9.17) is 0 Å². The van der Waals surface area contributed by atoms with Gasteiger partial charge in [0, 0.05) is 12.6 Å². The number of carbonyl (C=O) groups excluding carboxylic acids is 1. The Morgan fingerprint density at radius 2 is 1.88 bits per heavy atom. The Kier molecular flexibility index (Phi) is 8.20. The van der Waals surface area contributed by atoms with Crippen LogP contribution in [0.4, 0.5) is 0 Å². The van der Waals surface area contributed by atoms with Crippen LogP contribution in [0.15, 0.2) is 30.3 Å². The molecule has 2 atom stereocenters. The molecule has 5 heteroatoms. The standard InChI is InChI=1S/C20H31N3O.ClH/c1-21-18-12-7-13-23(14-18)15-19(24)22-20(17-10-5-6-11-17)16-8-3-2-4-9-16;/h2-4,8-9,17-18,20-21H,5-7,10-15H2,1H3,(H,22,24);1H. The lowest BCUT2D eigenvalue weighted by Gasteiger charge is -2.33. The van der Waals surface area contributed by atoms with Crippen molar-refractivity contribution in [3.8, 4) is 0 Å². The molecule has 1 heterocycles. The van der Waals surface area contributed by atoms with Crippen molar-refractivity contribution >= 4 is 18.3 Å². The van der Waals surface area contributed by atoms with E-state index < -0.39 is 0 Å². The van der Waals surface area contributed by atoms with Crippen molar-refractivity contribution in [2.45, 2.75) is 50.6 Å². The van der Waals surface area contributed by atoms with E-state index in [-0.39, 0.29) is 24.4 Å². The summed E-state index contributed by atoms with van der Waals surface area (Å²) in [4.78, 5) is 15.0. The molecule has 1 amide bonds. The first kappa shape index (κ1) is 20.2. The molecule has 1 aliphatic heterocycles. The van der Waals surface area contributed by atoms with Gasteiger partial charge >= 0.3 is 0 Å². The fourth-order valence-electron chi connectivity index (χ4n) is 4.28. The normalized spacial score (nSPS) is 23.0. The Bertz CT molecular complexity index is 519. The zero-order chi connectivity index (χ0) is 16.8. The van der Waals surface area contributed by atoms with E-state index in [1.54, 1.807) is 0 Å². The average molecular weight is 366 g/mol. The summed E-state index contributed by atoms with van der Waals surface area (Å²) in [5, 5.41) is 6.70. The highest BCUT2D eigenvalue weighted by atomic mass is 35.5. The quantitative estimate of drug-likeness (QED) is 0.814. The van der Waals surface area contributed by atoms with Crippen molar-refractivity contribution in [2.24, 2.45) is 5.92 Å². The third kappa shape index (κ3) is 5.70. The predicted octanol–water partition coefficient (Wildman–Crippen LogP) is 3.14. The number of nitrogens with one attached hydrogen (secondary N) is 2. The molecule has 3 rings (SSSR count). The molecule has 0 spiro atoms. The number of hydrogen-bond acceptors (Lipinski definition) is 3. The second-order valence-corrected chi connectivity index (χ2v) is 7.36. The van der Waals surface area contributed by atoms with Gasteiger partial charge in [0.1, 0.15) is 0 Å². The molecule has 1 aromatic rings. The van der Waals surface area contributed by atoms with E-state index in [0.717, 1.165) is 13.1 Å². The van der Waals surface area contributed by atoms with Crippen molar-refractivity contribution in [2.75, 3.05) is 26.7 Å². The third-order valence-corrected chi connectivity index (χ3v) is 5.63. The first-order chi connectivity index (χ1) is 11.8. The molecule has 4 nitrogen and oxygen atoms in total. The largest absolute Gasteiger partial charge is 0.348 e. The highest BCUT2D eigenvalue weighted by Crippen LogP contribution is 2.35. The minimum Gasteiger partial charge on any atom is -0.348 e. The van der Waals surface area contributed by atoms with Crippen molar-refractivity contribution < 1.29 is 4.79 Å². The van der Waals surface area contributed by atoms with Gasteiger partial charge in [0.15, 0.2) is 0 Å². The first-order valence-corrected chi connectivity index (χ1v) is 9.50. The summed E-state index contributed by atoms with van der Waals surface area (Å²) in [6, 6.07) is 11.2. The molecule has 1 saturated carbocycles. The summed E-state index contributed by atoms with van der Waals surface area (Å²) in [5.41, 5.74) is 1.25. The number of halogens is 1. The molecule has 1 aliphatic carbocycles. The zero-order valence-electron chi connectivity index (χ0n) is 15.2. The second kappa shape index (κ2) is 10.1. The van der Waals surface area contributed by atoms with Crippen LogP contribution in [0.3, 0.4) is 0 Å². The van der Waals surface area contributed by atoms with Gasteiger partial charge in [-0.1, -0.05) is 43.2 Å². The summed E-state index contributed by atoms with van der Waals surface area (Å²) in [6.07, 6.45) is 7.42. The van der Waals surface area contributed by atoms with E-state index >= 15 is 0 Å². The van der Waals surface area contributed by atoms with Gasteiger partial charge in [0.25, 0.3) is 0 Å². The van der Waals surface area contributed by atoms with E-state index in [9.17, 15) is 4.79 Å². The number of piperidine rings is 1. The van der Waals surface area contributed by atoms with Crippen LogP contribution < -0.4 is 10.6 Å². The van der Waals surface area contributed by atoms with Gasteiger partial charge in [0.2, 0.25) is 5.91 Å². The highest BCUT2D eigenvalue weighted by Gasteiger charge is 2.28. The third-order valence-electron chi connectivity index (χ3n) is 5.63. The van der Waals surface area contributed by atoms with Crippen LogP contribution in [0.25, 0.3) is 0 Å². The number of carbonyl (C=O) groups is 1. The predicted molar refractivity (Wildman–Crippen MR) is 105 cm³/mol. The number of benzene rings is 1. The van der Waals surface area contributed by atoms with E-state index in [2.05, 4.69) is 39.8 Å². The van der Waals surface area contributed by atoms with E-state index in [1.807, 2.05) is 13.1 Å². The lowest BCUT2D eigenvalue weighted by atomic mass is 9.91. The van der Waals surface area contributed by atoms with Crippen LogP contribution >= 0.6 is 12.4 Å². The maximum atomic E-state index is 12.7. The summed E-state index contributed by atoms with van der Waals surface area (Å²) in [6.45, 7) is 2.53. The molecular weight excluding hydrogens is 334 g/mol. The van der Waals surface area contributed by atoms with Gasteiger partial charge in [-0.2, -0.15) is 0 Å². The average Bonchev–Trinajstić information content (AvgIpc) is 3.15. The molecule has 2 unspecified atom stereocenters. The Labute approximate surface area is 158 Å². The molecule has 1 aromatic carbocycles. The van der Waals surface area contributed by atoms with E-state index in [1.165, 1.54) is 44.1 Å². The maximum absolute atomic E-state index is 12.7. The highest BCUT2D eigenvalue weighted by molar-refractivity contribution is 5.85. The van der Waals surface area contributed by atoms with Crippen LogP contribution in [0.2, 0.25) is 0 Å². The van der Waals surface area contributed by atoms with Gasteiger partial charge in [-0.15, -0.1) is 12.4 Å². The summed E-state index contributed by atoms with van der Waals surface area (Å²) in [5.74, 6) is 0.760. The van der Waals surface area contributed by atoms with Crippen LogP contribution in [-0.2, 0) is 4.79 Å². The van der Waals surface area contributed by atoms with Gasteiger partial charge in [-0.05, 0) is 50.8 Å². The van der Waals surface area contributed by atoms with Crippen molar-refractivity contribution in [3.05, 3.63) is 35.9 Å². The van der Waals surface area contributed by atoms with Gasteiger partial charge < -0.3 is 10.6 Å². The van der Waals surface area contributed by atoms with Crippen LogP contribution in [0.1, 0.15) is 50.1 Å². The SMILES string of the molecule is CNC1CCCN(CC(=O)NC(c2ccccc2)C2CCCC2)C1.Cl. The molecule has 0 bridgehead atoms. The lowest BCUT2D eigenvalue weighted by molar-refractivity contribution is -0.123. The molecule has 1 saturated heterocycles. The monoisotopic (exact) mass is 365 g/mol. The van der Waals surface area contributed by atoms with E-state index in [0.29, 0.717) is 18.5 Å². The number of likely N-dealkylation sites (tertiary alicyclic amines) is 1. The summed E-state index contributed by atoms with van der Waals surface area (Å²) >= 11 is 0. The second-order valence-electron chi connectivity index (χ2n) is 7.36. The molecule has 2 fully saturated rings. The number of amides is 1. The van der Waals surface area contributed by atoms with Gasteiger partial charge in [-0.3, -0.25) is 9.69 Å². The molecule has 2 aliphatic rings. The number of likely N-dealkylation sites (N-methyl/N-ethyl adjacent to an activating group) is 1. The fourth-order valence-corrected chi connectivity index (χ4v) is 4.28. The smallest absolute Gasteiger partial charge is 0.234 e. The Morgan fingerprint density at radius 1 is 1.16 bits per heavy atom. The Morgan fingerprint density at radius 3 is 2.56 bits per heavy atom. The minimum atomic E-state index is 0. The lowest BCUT2D eigenvalue weighted by Crippen LogP contribution is -2.48. The molecule has 0 radical (unpaired) electrons. The molecule has 25 heavy (non-hydrogen) atoms.